The number of Topliss-reactive ketones (excluding diaryl/α,β-unsaturated/α-hetero) is 1. The van der Waals surface area contributed by atoms with Crippen molar-refractivity contribution in [3.63, 3.8) is 0 Å². The fraction of sp³-hybridized carbons (Fsp3) is 0.286. The SMILES string of the molecule is CCNC(=O)c1ccc(C(O)=C2C(=O)C(=O)N(c3ccc(-c4ccon4)cc3)C2C(CC)CC)cc1. The number of hydrogen-bond donors (Lipinski definition) is 2. The fourth-order valence-corrected chi connectivity index (χ4v) is 4.67. The molecule has 1 saturated heterocycles. The zero-order valence-corrected chi connectivity index (χ0v) is 20.5. The second-order valence-corrected chi connectivity index (χ2v) is 8.66. The highest BCUT2D eigenvalue weighted by Gasteiger charge is 2.48. The van der Waals surface area contributed by atoms with E-state index in [9.17, 15) is 19.5 Å². The van der Waals surface area contributed by atoms with Gasteiger partial charge < -0.3 is 14.9 Å². The first kappa shape index (κ1) is 24.9. The van der Waals surface area contributed by atoms with E-state index in [1.807, 2.05) is 32.9 Å². The van der Waals surface area contributed by atoms with Crippen LogP contribution in [0.25, 0.3) is 17.0 Å². The number of anilines is 1. The second kappa shape index (κ2) is 10.6. The number of rotatable bonds is 8. The first-order valence-electron chi connectivity index (χ1n) is 12.1. The second-order valence-electron chi connectivity index (χ2n) is 8.66. The lowest BCUT2D eigenvalue weighted by molar-refractivity contribution is -0.132. The maximum Gasteiger partial charge on any atom is 0.299 e. The molecule has 3 aromatic rings. The molecule has 0 radical (unpaired) electrons. The molecule has 0 spiro atoms. The molecule has 1 aliphatic rings. The van der Waals surface area contributed by atoms with Crippen LogP contribution in [0.15, 0.2) is 71.0 Å². The Morgan fingerprint density at radius 1 is 1.00 bits per heavy atom. The van der Waals surface area contributed by atoms with Gasteiger partial charge in [0.15, 0.2) is 0 Å². The van der Waals surface area contributed by atoms with E-state index in [4.69, 9.17) is 4.52 Å². The smallest absolute Gasteiger partial charge is 0.299 e. The number of aliphatic hydroxyl groups is 1. The summed E-state index contributed by atoms with van der Waals surface area (Å²) in [6, 6.07) is 14.6. The number of carbonyl (C=O) groups excluding carboxylic acids is 3. The molecule has 8 heteroatoms. The predicted molar refractivity (Wildman–Crippen MR) is 136 cm³/mol. The first-order valence-corrected chi connectivity index (χ1v) is 12.1. The largest absolute Gasteiger partial charge is 0.507 e. The van der Waals surface area contributed by atoms with Crippen molar-refractivity contribution >= 4 is 29.0 Å². The van der Waals surface area contributed by atoms with Crippen molar-refractivity contribution < 1.29 is 24.0 Å². The van der Waals surface area contributed by atoms with Gasteiger partial charge in [-0.25, -0.2) is 0 Å². The molecule has 1 aliphatic heterocycles. The number of hydrogen-bond acceptors (Lipinski definition) is 6. The Morgan fingerprint density at radius 3 is 2.19 bits per heavy atom. The molecular formula is C28H29N3O5. The van der Waals surface area contributed by atoms with Crippen LogP contribution in [0.2, 0.25) is 0 Å². The van der Waals surface area contributed by atoms with Gasteiger partial charge in [0.25, 0.3) is 17.6 Å². The van der Waals surface area contributed by atoms with Crippen LogP contribution < -0.4 is 10.2 Å². The van der Waals surface area contributed by atoms with Gasteiger partial charge in [0.05, 0.1) is 11.6 Å². The summed E-state index contributed by atoms with van der Waals surface area (Å²) < 4.78 is 4.91. The van der Waals surface area contributed by atoms with Crippen LogP contribution in [0.1, 0.15) is 49.5 Å². The highest BCUT2D eigenvalue weighted by atomic mass is 16.5. The minimum Gasteiger partial charge on any atom is -0.507 e. The normalized spacial score (nSPS) is 17.1. The Hall–Kier alpha value is -4.20. The van der Waals surface area contributed by atoms with Gasteiger partial charge in [0, 0.05) is 35.0 Å². The van der Waals surface area contributed by atoms with E-state index < -0.39 is 17.7 Å². The maximum absolute atomic E-state index is 13.3. The van der Waals surface area contributed by atoms with Crippen molar-refractivity contribution in [3.8, 4) is 11.3 Å². The zero-order chi connectivity index (χ0) is 25.8. The van der Waals surface area contributed by atoms with E-state index in [1.165, 1.54) is 11.2 Å². The van der Waals surface area contributed by atoms with Gasteiger partial charge in [-0.2, -0.15) is 0 Å². The van der Waals surface area contributed by atoms with Crippen LogP contribution >= 0.6 is 0 Å². The number of amides is 2. The van der Waals surface area contributed by atoms with Gasteiger partial charge in [0.1, 0.15) is 17.7 Å². The third kappa shape index (κ3) is 4.54. The Bertz CT molecular complexity index is 1270. The van der Waals surface area contributed by atoms with Crippen molar-refractivity contribution in [1.29, 1.82) is 0 Å². The number of nitrogens with zero attached hydrogens (tertiary/aromatic N) is 2. The zero-order valence-electron chi connectivity index (χ0n) is 20.5. The van der Waals surface area contributed by atoms with Crippen LogP contribution in [-0.2, 0) is 9.59 Å². The molecule has 2 heterocycles. The van der Waals surface area contributed by atoms with Crippen molar-refractivity contribution in [2.45, 2.75) is 39.7 Å². The van der Waals surface area contributed by atoms with Crippen molar-refractivity contribution in [2.24, 2.45) is 5.92 Å². The summed E-state index contributed by atoms with van der Waals surface area (Å²) in [6.07, 6.45) is 2.90. The lowest BCUT2D eigenvalue weighted by atomic mass is 9.87. The lowest BCUT2D eigenvalue weighted by Gasteiger charge is -2.31. The van der Waals surface area contributed by atoms with E-state index in [0.717, 1.165) is 5.56 Å². The molecular weight excluding hydrogens is 458 g/mol. The minimum atomic E-state index is -0.724. The van der Waals surface area contributed by atoms with E-state index in [0.29, 0.717) is 41.9 Å². The number of carbonyl (C=O) groups is 3. The van der Waals surface area contributed by atoms with Gasteiger partial charge in [-0.15, -0.1) is 0 Å². The van der Waals surface area contributed by atoms with Crippen molar-refractivity contribution in [2.75, 3.05) is 11.4 Å². The van der Waals surface area contributed by atoms with Crippen molar-refractivity contribution in [1.82, 2.24) is 10.5 Å². The number of benzene rings is 2. The highest BCUT2D eigenvalue weighted by Crippen LogP contribution is 2.39. The van der Waals surface area contributed by atoms with Crippen molar-refractivity contribution in [3.05, 3.63) is 77.6 Å². The topological polar surface area (TPSA) is 113 Å². The number of nitrogens with one attached hydrogen (secondary N) is 1. The molecule has 8 nitrogen and oxygen atoms in total. The standard InChI is InChI=1S/C28H29N3O5/c1-4-17(5-2)24-23(25(32)19-7-9-20(10-8-19)27(34)29-6-3)26(33)28(35)31(24)21-13-11-18(12-14-21)22-15-16-36-30-22/h7-17,24,32H,4-6H2,1-3H3,(H,29,34). The Morgan fingerprint density at radius 2 is 1.64 bits per heavy atom. The van der Waals surface area contributed by atoms with Crippen LogP contribution in [0.5, 0.6) is 0 Å². The van der Waals surface area contributed by atoms with Gasteiger partial charge in [-0.1, -0.05) is 56.1 Å². The summed E-state index contributed by atoms with van der Waals surface area (Å²) in [6.45, 7) is 6.34. The molecule has 36 heavy (non-hydrogen) atoms. The number of aliphatic hydroxyl groups excluding tert-OH is 1. The molecule has 2 aromatic carbocycles. The van der Waals surface area contributed by atoms with Crippen LogP contribution in [0.3, 0.4) is 0 Å². The summed E-state index contributed by atoms with van der Waals surface area (Å²) in [5.41, 5.74) is 2.94. The third-order valence-corrected chi connectivity index (χ3v) is 6.62. The summed E-state index contributed by atoms with van der Waals surface area (Å²) in [5.74, 6) is -1.92. The van der Waals surface area contributed by atoms with Crippen LogP contribution in [0.4, 0.5) is 5.69 Å². The molecule has 2 amide bonds. The maximum atomic E-state index is 13.3. The Balaban J connectivity index is 1.76. The predicted octanol–water partition coefficient (Wildman–Crippen LogP) is 4.78. The van der Waals surface area contributed by atoms with E-state index in [2.05, 4.69) is 10.5 Å². The van der Waals surface area contributed by atoms with E-state index >= 15 is 0 Å². The van der Waals surface area contributed by atoms with Gasteiger partial charge in [-0.3, -0.25) is 19.3 Å². The summed E-state index contributed by atoms with van der Waals surface area (Å²) in [4.78, 5) is 40.1. The minimum absolute atomic E-state index is 0.0534. The van der Waals surface area contributed by atoms with Gasteiger partial charge in [-0.05, 0) is 37.1 Å². The molecule has 1 atom stereocenters. The number of ketones is 1. The monoisotopic (exact) mass is 487 g/mol. The molecule has 4 rings (SSSR count). The van der Waals surface area contributed by atoms with E-state index in [-0.39, 0.29) is 23.2 Å². The molecule has 2 N–H and O–H groups in total. The third-order valence-electron chi connectivity index (χ3n) is 6.62. The molecule has 1 unspecified atom stereocenters. The summed E-state index contributed by atoms with van der Waals surface area (Å²) in [7, 11) is 0. The number of aromatic nitrogens is 1. The fourth-order valence-electron chi connectivity index (χ4n) is 4.67. The van der Waals surface area contributed by atoms with Gasteiger partial charge >= 0.3 is 0 Å². The average Bonchev–Trinajstić information content (AvgIpc) is 3.52. The van der Waals surface area contributed by atoms with Gasteiger partial charge in [0.2, 0.25) is 0 Å². The molecule has 0 aliphatic carbocycles. The molecule has 1 aromatic heterocycles. The summed E-state index contributed by atoms with van der Waals surface area (Å²) >= 11 is 0. The molecule has 0 bridgehead atoms. The first-order chi connectivity index (χ1) is 17.4. The Kier molecular flexibility index (Phi) is 7.33. The molecule has 0 saturated carbocycles. The highest BCUT2D eigenvalue weighted by molar-refractivity contribution is 6.51. The summed E-state index contributed by atoms with van der Waals surface area (Å²) in [5, 5.41) is 17.9. The Labute approximate surface area is 209 Å². The van der Waals surface area contributed by atoms with E-state index in [1.54, 1.807) is 42.5 Å². The van der Waals surface area contributed by atoms with Crippen LogP contribution in [0, 0.1) is 5.92 Å². The quantitative estimate of drug-likeness (QED) is 0.269. The lowest BCUT2D eigenvalue weighted by Crippen LogP contribution is -2.39. The average molecular weight is 488 g/mol. The molecule has 1 fully saturated rings. The molecule has 186 valence electrons. The van der Waals surface area contributed by atoms with Crippen LogP contribution in [-0.4, -0.2) is 40.4 Å².